The van der Waals surface area contributed by atoms with Crippen LogP contribution in [-0.2, 0) is 0 Å². The summed E-state index contributed by atoms with van der Waals surface area (Å²) in [5, 5.41) is 5.17. The topological polar surface area (TPSA) is 39.9 Å². The number of methoxy groups -OCH3 is 1. The highest BCUT2D eigenvalue weighted by Gasteiger charge is 2.06. The summed E-state index contributed by atoms with van der Waals surface area (Å²) in [4.78, 5) is 4.33. The molecule has 0 radical (unpaired) electrons. The van der Waals surface area contributed by atoms with Crippen molar-refractivity contribution in [2.45, 2.75) is 12.1 Å². The van der Waals surface area contributed by atoms with Crippen molar-refractivity contribution in [2.75, 3.05) is 13.4 Å². The van der Waals surface area contributed by atoms with E-state index in [1.807, 2.05) is 42.1 Å². The van der Waals surface area contributed by atoms with Gasteiger partial charge in [0.2, 0.25) is 5.16 Å². The van der Waals surface area contributed by atoms with Crippen LogP contribution >= 0.6 is 24.2 Å². The average molecular weight is 272 g/mol. The number of nitrogens with zero attached hydrogens (tertiary/aromatic N) is 3. The molecule has 0 atom stereocenters. The molecule has 2 aromatic rings. The van der Waals surface area contributed by atoms with E-state index in [0.29, 0.717) is 0 Å². The molecule has 0 aliphatic rings. The molecule has 1 heterocycles. The standard InChI is InChI=1S/C11H13N3OS.ClH/c1-8-12-11(16-3)13-14(8)9-4-6-10(15-2)7-5-9;/h4-7H,1-3H3;1H. The number of hydrogen-bond donors (Lipinski definition) is 0. The normalized spacial score (nSPS) is 9.82. The second-order valence-corrected chi connectivity index (χ2v) is 4.03. The molecular weight excluding hydrogens is 258 g/mol. The Bertz CT molecular complexity index is 484. The van der Waals surface area contributed by atoms with Crippen LogP contribution in [0.25, 0.3) is 5.69 Å². The maximum absolute atomic E-state index is 5.11. The molecule has 0 saturated carbocycles. The Balaban J connectivity index is 0.00000144. The van der Waals surface area contributed by atoms with Crippen molar-refractivity contribution in [3.05, 3.63) is 30.1 Å². The SMILES string of the molecule is COc1ccc(-n2nc(SC)nc2C)cc1.Cl. The second-order valence-electron chi connectivity index (χ2n) is 3.26. The predicted molar refractivity (Wildman–Crippen MR) is 71.7 cm³/mol. The van der Waals surface area contributed by atoms with E-state index in [-0.39, 0.29) is 12.4 Å². The van der Waals surface area contributed by atoms with Gasteiger partial charge in [0.1, 0.15) is 11.6 Å². The first-order valence-electron chi connectivity index (χ1n) is 4.86. The van der Waals surface area contributed by atoms with Gasteiger partial charge in [0.25, 0.3) is 0 Å². The number of rotatable bonds is 3. The highest BCUT2D eigenvalue weighted by molar-refractivity contribution is 7.98. The van der Waals surface area contributed by atoms with Crippen LogP contribution in [0.15, 0.2) is 29.4 Å². The van der Waals surface area contributed by atoms with Gasteiger partial charge in [0.15, 0.2) is 0 Å². The minimum Gasteiger partial charge on any atom is -0.497 e. The highest BCUT2D eigenvalue weighted by Crippen LogP contribution is 2.17. The van der Waals surface area contributed by atoms with Crippen molar-refractivity contribution >= 4 is 24.2 Å². The third-order valence-corrected chi connectivity index (χ3v) is 2.79. The van der Waals surface area contributed by atoms with Gasteiger partial charge in [-0.2, -0.15) is 0 Å². The Morgan fingerprint density at radius 1 is 1.24 bits per heavy atom. The lowest BCUT2D eigenvalue weighted by Gasteiger charge is -2.04. The molecule has 4 nitrogen and oxygen atoms in total. The van der Waals surface area contributed by atoms with E-state index in [2.05, 4.69) is 10.1 Å². The van der Waals surface area contributed by atoms with E-state index in [0.717, 1.165) is 22.4 Å². The quantitative estimate of drug-likeness (QED) is 0.805. The van der Waals surface area contributed by atoms with Gasteiger partial charge < -0.3 is 4.74 Å². The van der Waals surface area contributed by atoms with E-state index in [1.165, 1.54) is 11.8 Å². The molecule has 0 bridgehead atoms. The first kappa shape index (κ1) is 13.9. The number of benzene rings is 1. The molecule has 6 heteroatoms. The van der Waals surface area contributed by atoms with Crippen LogP contribution in [-0.4, -0.2) is 28.1 Å². The summed E-state index contributed by atoms with van der Waals surface area (Å²) in [5.74, 6) is 1.72. The molecule has 0 spiro atoms. The molecule has 1 aromatic heterocycles. The minimum atomic E-state index is 0. The Hall–Kier alpha value is -1.20. The number of ether oxygens (including phenoxy) is 1. The van der Waals surface area contributed by atoms with Crippen LogP contribution < -0.4 is 4.74 Å². The van der Waals surface area contributed by atoms with Crippen molar-refractivity contribution in [1.82, 2.24) is 14.8 Å². The number of aromatic nitrogens is 3. The largest absolute Gasteiger partial charge is 0.497 e. The van der Waals surface area contributed by atoms with Gasteiger partial charge in [-0.15, -0.1) is 17.5 Å². The fourth-order valence-corrected chi connectivity index (χ4v) is 1.81. The maximum atomic E-state index is 5.11. The Kier molecular flexibility index (Phi) is 4.84. The number of thioether (sulfide) groups is 1. The molecule has 0 aliphatic heterocycles. The number of halogens is 1. The highest BCUT2D eigenvalue weighted by atomic mass is 35.5. The summed E-state index contributed by atoms with van der Waals surface area (Å²) in [6.45, 7) is 1.94. The summed E-state index contributed by atoms with van der Waals surface area (Å²) in [5.41, 5.74) is 0.992. The van der Waals surface area contributed by atoms with Crippen molar-refractivity contribution in [3.8, 4) is 11.4 Å². The molecule has 17 heavy (non-hydrogen) atoms. The van der Waals surface area contributed by atoms with Gasteiger partial charge in [-0.1, -0.05) is 11.8 Å². The Morgan fingerprint density at radius 3 is 2.35 bits per heavy atom. The van der Waals surface area contributed by atoms with E-state index in [9.17, 15) is 0 Å². The third-order valence-electron chi connectivity index (χ3n) is 2.25. The van der Waals surface area contributed by atoms with Crippen molar-refractivity contribution in [1.29, 1.82) is 0 Å². The van der Waals surface area contributed by atoms with Gasteiger partial charge in [-0.3, -0.25) is 0 Å². The summed E-state index contributed by atoms with van der Waals surface area (Å²) in [6, 6.07) is 7.75. The molecular formula is C11H14ClN3OS. The van der Waals surface area contributed by atoms with Crippen molar-refractivity contribution < 1.29 is 4.74 Å². The molecule has 2 rings (SSSR count). The Morgan fingerprint density at radius 2 is 1.88 bits per heavy atom. The lowest BCUT2D eigenvalue weighted by Crippen LogP contribution is -1.98. The van der Waals surface area contributed by atoms with Gasteiger partial charge in [-0.25, -0.2) is 9.67 Å². The van der Waals surface area contributed by atoms with Crippen LogP contribution in [0.3, 0.4) is 0 Å². The van der Waals surface area contributed by atoms with E-state index >= 15 is 0 Å². The molecule has 0 unspecified atom stereocenters. The fraction of sp³-hybridized carbons (Fsp3) is 0.273. The summed E-state index contributed by atoms with van der Waals surface area (Å²) in [7, 11) is 1.65. The average Bonchev–Trinajstić information content (AvgIpc) is 2.71. The lowest BCUT2D eigenvalue weighted by atomic mass is 10.3. The second kappa shape index (κ2) is 5.93. The predicted octanol–water partition coefficient (Wildman–Crippen LogP) is 2.73. The summed E-state index contributed by atoms with van der Waals surface area (Å²) >= 11 is 1.54. The molecule has 1 aromatic carbocycles. The maximum Gasteiger partial charge on any atom is 0.208 e. The van der Waals surface area contributed by atoms with Gasteiger partial charge in [-0.05, 0) is 37.4 Å². The van der Waals surface area contributed by atoms with Crippen LogP contribution in [0.5, 0.6) is 5.75 Å². The third kappa shape index (κ3) is 2.92. The van der Waals surface area contributed by atoms with Gasteiger partial charge >= 0.3 is 0 Å². The van der Waals surface area contributed by atoms with E-state index in [4.69, 9.17) is 4.74 Å². The number of aryl methyl sites for hydroxylation is 1. The van der Waals surface area contributed by atoms with Crippen molar-refractivity contribution in [3.63, 3.8) is 0 Å². The molecule has 0 amide bonds. The Labute approximate surface area is 111 Å². The molecule has 0 saturated heterocycles. The monoisotopic (exact) mass is 271 g/mol. The smallest absolute Gasteiger partial charge is 0.208 e. The number of hydrogen-bond acceptors (Lipinski definition) is 4. The zero-order valence-corrected chi connectivity index (χ0v) is 11.5. The first-order valence-corrected chi connectivity index (χ1v) is 6.09. The van der Waals surface area contributed by atoms with E-state index in [1.54, 1.807) is 7.11 Å². The van der Waals surface area contributed by atoms with Gasteiger partial charge in [0.05, 0.1) is 12.8 Å². The van der Waals surface area contributed by atoms with Crippen LogP contribution in [0.4, 0.5) is 0 Å². The fourth-order valence-electron chi connectivity index (χ4n) is 1.42. The first-order chi connectivity index (χ1) is 7.74. The summed E-state index contributed by atoms with van der Waals surface area (Å²) < 4.78 is 6.94. The zero-order valence-electron chi connectivity index (χ0n) is 9.88. The van der Waals surface area contributed by atoms with E-state index < -0.39 is 0 Å². The summed E-state index contributed by atoms with van der Waals surface area (Å²) in [6.07, 6.45) is 1.97. The molecule has 0 N–H and O–H groups in total. The van der Waals surface area contributed by atoms with Crippen LogP contribution in [0.2, 0.25) is 0 Å². The molecule has 0 fully saturated rings. The minimum absolute atomic E-state index is 0. The lowest BCUT2D eigenvalue weighted by molar-refractivity contribution is 0.414. The molecule has 92 valence electrons. The molecule has 0 aliphatic carbocycles. The van der Waals surface area contributed by atoms with Crippen LogP contribution in [0, 0.1) is 6.92 Å². The zero-order chi connectivity index (χ0) is 11.5. The van der Waals surface area contributed by atoms with Gasteiger partial charge in [0, 0.05) is 0 Å². The van der Waals surface area contributed by atoms with Crippen molar-refractivity contribution in [2.24, 2.45) is 0 Å². The van der Waals surface area contributed by atoms with Crippen LogP contribution in [0.1, 0.15) is 5.82 Å².